The zero-order valence-corrected chi connectivity index (χ0v) is 30.9. The summed E-state index contributed by atoms with van der Waals surface area (Å²) in [4.78, 5) is 70.0. The number of hydrogen-bond acceptors (Lipinski definition) is 9. The number of carbonyl (C=O) groups is 4. The lowest BCUT2D eigenvalue weighted by Crippen LogP contribution is -2.59. The highest BCUT2D eigenvalue weighted by Gasteiger charge is 2.36. The molecule has 1 aromatic heterocycles. The summed E-state index contributed by atoms with van der Waals surface area (Å²) in [5.74, 6) is -1.11. The van der Waals surface area contributed by atoms with E-state index in [-0.39, 0.29) is 37.6 Å². The van der Waals surface area contributed by atoms with Crippen molar-refractivity contribution in [2.75, 3.05) is 32.2 Å². The van der Waals surface area contributed by atoms with Crippen molar-refractivity contribution in [3.8, 4) is 0 Å². The Bertz CT molecular complexity index is 1610. The zero-order chi connectivity index (χ0) is 37.7. The van der Waals surface area contributed by atoms with Gasteiger partial charge in [-0.15, -0.1) is 0 Å². The molecule has 0 spiro atoms. The SMILES string of the molecule is COOCC1CCCN1C(=O)C(CCc1ccccc1)n1cnc(NC(=O)[C@@H](COCc2ccccc2)NC(=O)C(C)(C)NC(=O)OC(C)(C)C)c1. The van der Waals surface area contributed by atoms with Gasteiger partial charge in [0.2, 0.25) is 11.8 Å². The standard InChI is InChI=1S/C38H52N6O8/c1-37(2,3)52-36(48)42-38(4,5)35(47)40-30(25-50-23-28-16-11-8-12-17-28)33(45)41-32-22-43(26-39-32)31(20-19-27-14-9-7-10-15-27)34(46)44-21-13-18-29(44)24-51-49-6/h7-12,14-17,22,26,29-31H,13,18-21,23-25H2,1-6H3,(H,40,47)(H,41,45)(H,42,48)/t29?,30-,31?/m1/s1. The average Bonchev–Trinajstić information content (AvgIpc) is 3.76. The Balaban J connectivity index is 1.50. The minimum absolute atomic E-state index is 0.0763. The number of alkyl carbamates (subject to hydrolysis) is 1. The Morgan fingerprint density at radius 3 is 2.29 bits per heavy atom. The summed E-state index contributed by atoms with van der Waals surface area (Å²) < 4.78 is 12.9. The first kappa shape index (κ1) is 40.0. The molecule has 3 N–H and O–H groups in total. The third kappa shape index (κ3) is 12.2. The molecule has 0 saturated carbocycles. The average molecular weight is 721 g/mol. The van der Waals surface area contributed by atoms with Crippen LogP contribution in [-0.2, 0) is 46.7 Å². The quantitative estimate of drug-likeness (QED) is 0.134. The minimum atomic E-state index is -1.43. The summed E-state index contributed by atoms with van der Waals surface area (Å²) in [6, 6.07) is 17.4. The van der Waals surface area contributed by atoms with Crippen molar-refractivity contribution < 1.29 is 38.4 Å². The molecule has 0 aliphatic carbocycles. The van der Waals surface area contributed by atoms with E-state index < -0.39 is 41.1 Å². The van der Waals surface area contributed by atoms with Crippen LogP contribution in [-0.4, -0.2) is 88.4 Å². The van der Waals surface area contributed by atoms with Crippen LogP contribution < -0.4 is 16.0 Å². The summed E-state index contributed by atoms with van der Waals surface area (Å²) in [5, 5.41) is 8.05. The predicted molar refractivity (Wildman–Crippen MR) is 194 cm³/mol. The van der Waals surface area contributed by atoms with Crippen molar-refractivity contribution in [3.63, 3.8) is 0 Å². The maximum Gasteiger partial charge on any atom is 0.408 e. The van der Waals surface area contributed by atoms with Crippen molar-refractivity contribution in [3.05, 3.63) is 84.3 Å². The van der Waals surface area contributed by atoms with Crippen molar-refractivity contribution in [2.45, 2.75) is 96.2 Å². The van der Waals surface area contributed by atoms with E-state index >= 15 is 0 Å². The molecule has 1 fully saturated rings. The molecule has 282 valence electrons. The van der Waals surface area contributed by atoms with Gasteiger partial charge >= 0.3 is 6.09 Å². The number of benzene rings is 2. The van der Waals surface area contributed by atoms with Crippen LogP contribution in [0.1, 0.15) is 71.0 Å². The van der Waals surface area contributed by atoms with Gasteiger partial charge in [-0.25, -0.2) is 19.6 Å². The summed E-state index contributed by atoms with van der Waals surface area (Å²) in [6.45, 7) is 9.05. The van der Waals surface area contributed by atoms with Gasteiger partial charge in [0.25, 0.3) is 5.91 Å². The number of ether oxygens (including phenoxy) is 2. The maximum atomic E-state index is 14.1. The molecule has 2 aromatic carbocycles. The maximum absolute atomic E-state index is 14.1. The van der Waals surface area contributed by atoms with E-state index in [2.05, 4.69) is 20.9 Å². The number of aryl methyl sites for hydroxylation is 1. The summed E-state index contributed by atoms with van der Waals surface area (Å²) >= 11 is 0. The fourth-order valence-electron chi connectivity index (χ4n) is 5.78. The van der Waals surface area contributed by atoms with E-state index in [1.807, 2.05) is 65.6 Å². The van der Waals surface area contributed by atoms with E-state index in [1.165, 1.54) is 27.3 Å². The third-order valence-corrected chi connectivity index (χ3v) is 8.48. The van der Waals surface area contributed by atoms with Gasteiger partial charge in [0, 0.05) is 12.7 Å². The van der Waals surface area contributed by atoms with Crippen LogP contribution in [0.25, 0.3) is 0 Å². The van der Waals surface area contributed by atoms with Gasteiger partial charge in [-0.2, -0.15) is 0 Å². The molecule has 3 atom stereocenters. The highest BCUT2D eigenvalue weighted by Crippen LogP contribution is 2.26. The second kappa shape index (κ2) is 18.6. The number of amides is 4. The molecule has 52 heavy (non-hydrogen) atoms. The second-order valence-corrected chi connectivity index (χ2v) is 14.3. The van der Waals surface area contributed by atoms with Gasteiger partial charge in [-0.3, -0.25) is 14.4 Å². The number of nitrogens with zero attached hydrogens (tertiary/aromatic N) is 3. The lowest BCUT2D eigenvalue weighted by atomic mass is 10.0. The molecular formula is C38H52N6O8. The van der Waals surface area contributed by atoms with Gasteiger partial charge < -0.3 is 34.9 Å². The molecule has 2 unspecified atom stereocenters. The molecule has 1 aliphatic rings. The number of carbonyl (C=O) groups excluding carboxylic acids is 4. The number of hydrogen-bond donors (Lipinski definition) is 3. The monoisotopic (exact) mass is 720 g/mol. The summed E-state index contributed by atoms with van der Waals surface area (Å²) in [5.41, 5.74) is -0.226. The van der Waals surface area contributed by atoms with Gasteiger partial charge in [-0.1, -0.05) is 60.7 Å². The third-order valence-electron chi connectivity index (χ3n) is 8.48. The molecule has 1 saturated heterocycles. The minimum Gasteiger partial charge on any atom is -0.444 e. The highest BCUT2D eigenvalue weighted by molar-refractivity contribution is 5.98. The van der Waals surface area contributed by atoms with Crippen molar-refractivity contribution in [1.29, 1.82) is 0 Å². The van der Waals surface area contributed by atoms with E-state index in [4.69, 9.17) is 19.2 Å². The largest absolute Gasteiger partial charge is 0.444 e. The number of likely N-dealkylation sites (tertiary alicyclic amines) is 1. The predicted octanol–water partition coefficient (Wildman–Crippen LogP) is 4.57. The van der Waals surface area contributed by atoms with Crippen LogP contribution in [0, 0.1) is 0 Å². The zero-order valence-electron chi connectivity index (χ0n) is 30.9. The first-order valence-corrected chi connectivity index (χ1v) is 17.5. The second-order valence-electron chi connectivity index (χ2n) is 14.3. The highest BCUT2D eigenvalue weighted by atomic mass is 17.2. The molecule has 0 bridgehead atoms. The van der Waals surface area contributed by atoms with Crippen molar-refractivity contribution in [1.82, 2.24) is 25.1 Å². The smallest absolute Gasteiger partial charge is 0.408 e. The summed E-state index contributed by atoms with van der Waals surface area (Å²) in [6.07, 6.45) is 5.14. The molecule has 0 radical (unpaired) electrons. The molecule has 1 aliphatic heterocycles. The number of imidazole rings is 1. The fraction of sp³-hybridized carbons (Fsp3) is 0.500. The van der Waals surface area contributed by atoms with Crippen LogP contribution in [0.4, 0.5) is 10.6 Å². The molecular weight excluding hydrogens is 668 g/mol. The van der Waals surface area contributed by atoms with Crippen LogP contribution in [0.5, 0.6) is 0 Å². The van der Waals surface area contributed by atoms with Crippen LogP contribution in [0.2, 0.25) is 0 Å². The van der Waals surface area contributed by atoms with Gasteiger partial charge in [0.15, 0.2) is 5.82 Å². The number of nitrogens with one attached hydrogen (secondary N) is 3. The van der Waals surface area contributed by atoms with E-state index in [1.54, 1.807) is 31.5 Å². The lowest BCUT2D eigenvalue weighted by Gasteiger charge is -2.29. The molecule has 2 heterocycles. The fourth-order valence-corrected chi connectivity index (χ4v) is 5.78. The Morgan fingerprint density at radius 1 is 0.962 bits per heavy atom. The van der Waals surface area contributed by atoms with Crippen molar-refractivity contribution in [2.24, 2.45) is 0 Å². The van der Waals surface area contributed by atoms with Crippen molar-refractivity contribution >= 4 is 29.6 Å². The lowest BCUT2D eigenvalue weighted by molar-refractivity contribution is -0.278. The van der Waals surface area contributed by atoms with E-state index in [9.17, 15) is 19.2 Å². The van der Waals surface area contributed by atoms with Crippen LogP contribution in [0.3, 0.4) is 0 Å². The van der Waals surface area contributed by atoms with Crippen LogP contribution in [0.15, 0.2) is 73.2 Å². The number of rotatable bonds is 17. The van der Waals surface area contributed by atoms with E-state index in [0.29, 0.717) is 19.4 Å². The van der Waals surface area contributed by atoms with Gasteiger partial charge in [0.1, 0.15) is 29.8 Å². The van der Waals surface area contributed by atoms with Gasteiger partial charge in [-0.05, 0) is 71.4 Å². The Morgan fingerprint density at radius 2 is 1.63 bits per heavy atom. The Hall–Kier alpha value is -4.79. The summed E-state index contributed by atoms with van der Waals surface area (Å²) in [7, 11) is 1.44. The Labute approximate surface area is 305 Å². The number of aromatic nitrogens is 2. The molecule has 4 amide bonds. The molecule has 14 heteroatoms. The molecule has 14 nitrogen and oxygen atoms in total. The van der Waals surface area contributed by atoms with Gasteiger partial charge in [0.05, 0.1) is 32.7 Å². The van der Waals surface area contributed by atoms with Crippen LogP contribution >= 0.6 is 0 Å². The normalized spacial score (nSPS) is 15.8. The first-order chi connectivity index (χ1) is 24.8. The first-order valence-electron chi connectivity index (χ1n) is 17.5. The topological polar surface area (TPSA) is 162 Å². The number of anilines is 1. The molecule has 4 rings (SSSR count). The Kier molecular flexibility index (Phi) is 14.3. The molecule has 3 aromatic rings. The van der Waals surface area contributed by atoms with E-state index in [0.717, 1.165) is 24.0 Å².